The highest BCUT2D eigenvalue weighted by Gasteiger charge is 2.13. The zero-order valence-electron chi connectivity index (χ0n) is 10.3. The minimum absolute atomic E-state index is 0.0599. The lowest BCUT2D eigenvalue weighted by molar-refractivity contribution is -0.117. The van der Waals surface area contributed by atoms with Gasteiger partial charge < -0.3 is 15.0 Å². The molecule has 1 aromatic rings. The molecule has 0 aliphatic carbocycles. The van der Waals surface area contributed by atoms with Gasteiger partial charge in [-0.2, -0.15) is 0 Å². The van der Waals surface area contributed by atoms with E-state index in [-0.39, 0.29) is 17.5 Å². The summed E-state index contributed by atoms with van der Waals surface area (Å²) in [6, 6.07) is 1.57. The molecule has 0 radical (unpaired) electrons. The Morgan fingerprint density at radius 1 is 1.47 bits per heavy atom. The standard InChI is InChI=1S/C12H19NO3S/c1-3-7-17-10-8-11(15)13(12(10)16)6-4-5-9(2)14/h8,15-16H,3-7H2,1-2H3. The van der Waals surface area contributed by atoms with Crippen LogP contribution in [0.15, 0.2) is 11.0 Å². The van der Waals surface area contributed by atoms with E-state index in [1.807, 2.05) is 0 Å². The van der Waals surface area contributed by atoms with Crippen molar-refractivity contribution in [1.82, 2.24) is 4.57 Å². The Bertz CT molecular complexity index is 387. The van der Waals surface area contributed by atoms with Crippen LogP contribution in [0.1, 0.15) is 33.1 Å². The molecule has 0 saturated carbocycles. The van der Waals surface area contributed by atoms with Gasteiger partial charge in [-0.3, -0.25) is 4.57 Å². The van der Waals surface area contributed by atoms with Crippen LogP contribution in [0.3, 0.4) is 0 Å². The SMILES string of the molecule is CCCSc1cc(O)n(CCCC(C)=O)c1O. The average Bonchev–Trinajstić information content (AvgIpc) is 2.53. The molecule has 0 aliphatic heterocycles. The molecule has 0 amide bonds. The van der Waals surface area contributed by atoms with E-state index in [0.717, 1.165) is 12.2 Å². The maximum atomic E-state index is 10.8. The molecule has 0 spiro atoms. The second kappa shape index (κ2) is 6.59. The third-order valence-corrected chi connectivity index (χ3v) is 3.61. The van der Waals surface area contributed by atoms with Crippen LogP contribution >= 0.6 is 11.8 Å². The third kappa shape index (κ3) is 4.00. The molecule has 0 aromatic carbocycles. The lowest BCUT2D eigenvalue weighted by atomic mass is 10.2. The van der Waals surface area contributed by atoms with Gasteiger partial charge in [-0.15, -0.1) is 11.8 Å². The first kappa shape index (κ1) is 14.0. The smallest absolute Gasteiger partial charge is 0.208 e. The molecule has 96 valence electrons. The number of thioether (sulfide) groups is 1. The molecule has 5 heteroatoms. The van der Waals surface area contributed by atoms with E-state index in [0.29, 0.717) is 24.3 Å². The summed E-state index contributed by atoms with van der Waals surface area (Å²) in [6.45, 7) is 4.07. The van der Waals surface area contributed by atoms with Gasteiger partial charge in [0.2, 0.25) is 5.88 Å². The molecule has 0 fully saturated rings. The molecule has 0 unspecified atom stereocenters. The summed E-state index contributed by atoms with van der Waals surface area (Å²) >= 11 is 1.52. The first-order valence-electron chi connectivity index (χ1n) is 5.80. The van der Waals surface area contributed by atoms with Gasteiger partial charge >= 0.3 is 0 Å². The van der Waals surface area contributed by atoms with Gasteiger partial charge in [-0.05, 0) is 25.5 Å². The van der Waals surface area contributed by atoms with Gasteiger partial charge in [0.1, 0.15) is 5.78 Å². The van der Waals surface area contributed by atoms with Gasteiger partial charge in [-0.25, -0.2) is 0 Å². The summed E-state index contributed by atoms with van der Waals surface area (Å²) in [5.41, 5.74) is 0. The highest BCUT2D eigenvalue weighted by Crippen LogP contribution is 2.35. The van der Waals surface area contributed by atoms with E-state index >= 15 is 0 Å². The van der Waals surface area contributed by atoms with Crippen LogP contribution in [0.2, 0.25) is 0 Å². The molecule has 0 saturated heterocycles. The van der Waals surface area contributed by atoms with Gasteiger partial charge in [0, 0.05) is 19.0 Å². The second-order valence-corrected chi connectivity index (χ2v) is 5.13. The zero-order chi connectivity index (χ0) is 12.8. The fraction of sp³-hybridized carbons (Fsp3) is 0.583. The van der Waals surface area contributed by atoms with Gasteiger partial charge in [-0.1, -0.05) is 6.92 Å². The van der Waals surface area contributed by atoms with Crippen LogP contribution in [-0.4, -0.2) is 26.3 Å². The monoisotopic (exact) mass is 257 g/mol. The summed E-state index contributed by atoms with van der Waals surface area (Å²) < 4.78 is 1.45. The number of hydrogen-bond donors (Lipinski definition) is 2. The van der Waals surface area contributed by atoms with Crippen LogP contribution in [0.4, 0.5) is 0 Å². The van der Waals surface area contributed by atoms with Crippen molar-refractivity contribution in [2.45, 2.75) is 44.6 Å². The highest BCUT2D eigenvalue weighted by molar-refractivity contribution is 7.99. The number of Topliss-reactive ketones (excluding diaryl/α,β-unsaturated/α-hetero) is 1. The number of carbonyl (C=O) groups is 1. The Hall–Kier alpha value is -1.10. The Balaban J connectivity index is 2.65. The first-order chi connectivity index (χ1) is 8.06. The van der Waals surface area contributed by atoms with Crippen molar-refractivity contribution in [1.29, 1.82) is 0 Å². The largest absolute Gasteiger partial charge is 0.494 e. The van der Waals surface area contributed by atoms with Crippen molar-refractivity contribution in [3.05, 3.63) is 6.07 Å². The summed E-state index contributed by atoms with van der Waals surface area (Å²) in [5, 5.41) is 19.6. The lowest BCUT2D eigenvalue weighted by Crippen LogP contribution is -1.99. The third-order valence-electron chi connectivity index (χ3n) is 2.39. The molecule has 0 bridgehead atoms. The Labute approximate surface area is 106 Å². The van der Waals surface area contributed by atoms with Crippen LogP contribution in [0.5, 0.6) is 11.8 Å². The minimum atomic E-state index is 0.0599. The minimum Gasteiger partial charge on any atom is -0.494 e. The number of rotatable bonds is 7. The van der Waals surface area contributed by atoms with E-state index in [4.69, 9.17) is 0 Å². The summed E-state index contributed by atoms with van der Waals surface area (Å²) in [5.74, 6) is 1.19. The van der Waals surface area contributed by atoms with E-state index in [9.17, 15) is 15.0 Å². The number of ketones is 1. The molecular formula is C12H19NO3S. The Kier molecular flexibility index (Phi) is 5.41. The molecule has 17 heavy (non-hydrogen) atoms. The summed E-state index contributed by atoms with van der Waals surface area (Å²) in [7, 11) is 0. The summed E-state index contributed by atoms with van der Waals surface area (Å²) in [4.78, 5) is 11.5. The molecule has 0 atom stereocenters. The van der Waals surface area contributed by atoms with Crippen molar-refractivity contribution in [2.24, 2.45) is 0 Å². The van der Waals surface area contributed by atoms with Crippen molar-refractivity contribution in [3.8, 4) is 11.8 Å². The predicted octanol–water partition coefficient (Wildman–Crippen LogP) is 2.77. The van der Waals surface area contributed by atoms with Crippen LogP contribution in [0.25, 0.3) is 0 Å². The van der Waals surface area contributed by atoms with Crippen molar-refractivity contribution >= 4 is 17.5 Å². The van der Waals surface area contributed by atoms with Crippen molar-refractivity contribution in [3.63, 3.8) is 0 Å². The molecule has 1 rings (SSSR count). The van der Waals surface area contributed by atoms with Gasteiger partial charge in [0.25, 0.3) is 0 Å². The maximum Gasteiger partial charge on any atom is 0.208 e. The van der Waals surface area contributed by atoms with Gasteiger partial charge in [0.05, 0.1) is 4.90 Å². The molecular weight excluding hydrogens is 238 g/mol. The molecule has 2 N–H and O–H groups in total. The molecule has 0 aliphatic rings. The maximum absolute atomic E-state index is 10.8. The normalized spacial score (nSPS) is 10.7. The second-order valence-electron chi connectivity index (χ2n) is 4.00. The molecule has 1 aromatic heterocycles. The quantitative estimate of drug-likeness (QED) is 0.737. The van der Waals surface area contributed by atoms with Crippen molar-refractivity contribution in [2.75, 3.05) is 5.75 Å². The van der Waals surface area contributed by atoms with E-state index < -0.39 is 0 Å². The number of nitrogens with zero attached hydrogens (tertiary/aromatic N) is 1. The Morgan fingerprint density at radius 2 is 2.18 bits per heavy atom. The predicted molar refractivity (Wildman–Crippen MR) is 68.7 cm³/mol. The van der Waals surface area contributed by atoms with Crippen LogP contribution in [-0.2, 0) is 11.3 Å². The van der Waals surface area contributed by atoms with Gasteiger partial charge in [0.15, 0.2) is 5.88 Å². The number of aromatic nitrogens is 1. The van der Waals surface area contributed by atoms with Crippen LogP contribution in [0, 0.1) is 0 Å². The highest BCUT2D eigenvalue weighted by atomic mass is 32.2. The first-order valence-corrected chi connectivity index (χ1v) is 6.78. The van der Waals surface area contributed by atoms with E-state index in [2.05, 4.69) is 6.92 Å². The van der Waals surface area contributed by atoms with E-state index in [1.54, 1.807) is 6.07 Å². The number of carbonyl (C=O) groups excluding carboxylic acids is 1. The molecule has 1 heterocycles. The topological polar surface area (TPSA) is 62.5 Å². The fourth-order valence-electron chi connectivity index (χ4n) is 1.53. The zero-order valence-corrected chi connectivity index (χ0v) is 11.1. The Morgan fingerprint density at radius 3 is 2.76 bits per heavy atom. The average molecular weight is 257 g/mol. The van der Waals surface area contributed by atoms with Crippen molar-refractivity contribution < 1.29 is 15.0 Å². The summed E-state index contributed by atoms with van der Waals surface area (Å²) in [6.07, 6.45) is 2.11. The molecule has 4 nitrogen and oxygen atoms in total. The van der Waals surface area contributed by atoms with E-state index in [1.165, 1.54) is 23.3 Å². The number of aromatic hydroxyl groups is 2. The lowest BCUT2D eigenvalue weighted by Gasteiger charge is -2.06. The number of hydrogen-bond acceptors (Lipinski definition) is 4. The fourth-order valence-corrected chi connectivity index (χ4v) is 2.38. The van der Waals surface area contributed by atoms with Crippen LogP contribution < -0.4 is 0 Å².